The van der Waals surface area contributed by atoms with Crippen molar-refractivity contribution in [3.8, 4) is 5.75 Å². The molecule has 11 rings (SSSR count). The lowest BCUT2D eigenvalue weighted by Gasteiger charge is -2.24. The van der Waals surface area contributed by atoms with Gasteiger partial charge >= 0.3 is 7.19 Å². The molecule has 0 radical (unpaired) electrons. The Labute approximate surface area is 286 Å². The average molecular weight is 696 g/mol. The van der Waals surface area contributed by atoms with Crippen LogP contribution in [0.15, 0.2) is 111 Å². The number of aromatic nitrogens is 2. The van der Waals surface area contributed by atoms with Crippen LogP contribution in [-0.2, 0) is 0 Å². The van der Waals surface area contributed by atoms with Gasteiger partial charge in [-0.15, -0.1) is 0 Å². The van der Waals surface area contributed by atoms with Crippen LogP contribution in [-0.4, -0.2) is 27.8 Å². The Morgan fingerprint density at radius 1 is 0.442 bits per heavy atom. The molecule has 0 saturated heterocycles. The molecule has 3 aliphatic heterocycles. The summed E-state index contributed by atoms with van der Waals surface area (Å²) < 4.78 is 99.9. The summed E-state index contributed by atoms with van der Waals surface area (Å²) >= 11 is 0. The molecular formula is C38H15BF6N6O. The highest BCUT2D eigenvalue weighted by atomic mass is 19.2. The molecule has 52 heavy (non-hydrogen) atoms. The van der Waals surface area contributed by atoms with Crippen LogP contribution in [0.5, 0.6) is 5.75 Å². The summed E-state index contributed by atoms with van der Waals surface area (Å²) in [6, 6.07) is 22.8. The maximum absolute atomic E-state index is 15.1. The molecule has 0 unspecified atom stereocenters. The van der Waals surface area contributed by atoms with Crippen molar-refractivity contribution in [1.29, 1.82) is 0 Å². The number of benzene rings is 6. The monoisotopic (exact) mass is 696 g/mol. The minimum atomic E-state index is -1.35. The highest BCUT2D eigenvalue weighted by Gasteiger charge is 2.41. The second-order valence-corrected chi connectivity index (χ2v) is 12.7. The number of rotatable bonds is 2. The smallest absolute Gasteiger partial charge is 0.521 e. The molecule has 0 aliphatic carbocycles. The van der Waals surface area contributed by atoms with E-state index in [0.717, 1.165) is 57.9 Å². The van der Waals surface area contributed by atoms with Gasteiger partial charge < -0.3 is 4.65 Å². The Morgan fingerprint density at radius 2 is 0.904 bits per heavy atom. The summed E-state index contributed by atoms with van der Waals surface area (Å²) in [5.74, 6) is -6.81. The highest BCUT2D eigenvalue weighted by molar-refractivity contribution is 6.53. The van der Waals surface area contributed by atoms with Crippen LogP contribution in [0.4, 0.5) is 38.0 Å². The molecule has 0 spiro atoms. The van der Waals surface area contributed by atoms with E-state index in [4.69, 9.17) is 19.6 Å². The van der Waals surface area contributed by atoms with Crippen LogP contribution in [0.1, 0.15) is 11.1 Å². The van der Waals surface area contributed by atoms with Gasteiger partial charge in [0.2, 0.25) is 0 Å². The van der Waals surface area contributed by atoms with Crippen molar-refractivity contribution in [2.45, 2.75) is 0 Å². The van der Waals surface area contributed by atoms with Crippen molar-refractivity contribution in [3.63, 3.8) is 0 Å². The first-order chi connectivity index (χ1) is 25.2. The first-order valence-corrected chi connectivity index (χ1v) is 16.0. The van der Waals surface area contributed by atoms with Crippen LogP contribution in [0.3, 0.4) is 0 Å². The molecule has 248 valence electrons. The Kier molecular flexibility index (Phi) is 5.57. The molecule has 5 heterocycles. The third-order valence-corrected chi connectivity index (χ3v) is 9.77. The summed E-state index contributed by atoms with van der Waals surface area (Å²) in [6.07, 6.45) is 0. The molecule has 0 amide bonds. The zero-order valence-corrected chi connectivity index (χ0v) is 26.1. The third kappa shape index (κ3) is 3.77. The second-order valence-electron chi connectivity index (χ2n) is 12.7. The summed E-state index contributed by atoms with van der Waals surface area (Å²) in [7, 11) is -1.35. The van der Waals surface area contributed by atoms with E-state index in [2.05, 4.69) is 4.99 Å². The Morgan fingerprint density at radius 3 is 1.48 bits per heavy atom. The Balaban J connectivity index is 1.36. The van der Waals surface area contributed by atoms with Crippen LogP contribution in [0, 0.1) is 34.9 Å². The van der Waals surface area contributed by atoms with E-state index in [1.807, 2.05) is 54.6 Å². The van der Waals surface area contributed by atoms with Gasteiger partial charge in [-0.1, -0.05) is 48.5 Å². The van der Waals surface area contributed by atoms with Gasteiger partial charge in [0.1, 0.15) is 28.4 Å². The molecule has 6 aromatic carbocycles. The number of nitrogens with zero attached hydrogens (tertiary/aromatic N) is 6. The average Bonchev–Trinajstić information content (AvgIpc) is 3.72. The van der Waals surface area contributed by atoms with Crippen LogP contribution in [0.2, 0.25) is 0 Å². The van der Waals surface area contributed by atoms with Crippen LogP contribution >= 0.6 is 0 Å². The summed E-state index contributed by atoms with van der Waals surface area (Å²) in [5, 5.41) is 3.55. The highest BCUT2D eigenvalue weighted by Crippen LogP contribution is 2.43. The number of hydrogen-bond donors (Lipinski definition) is 0. The van der Waals surface area contributed by atoms with Gasteiger partial charge in [0, 0.05) is 43.4 Å². The zero-order chi connectivity index (χ0) is 35.2. The molecule has 0 fully saturated rings. The van der Waals surface area contributed by atoms with Crippen molar-refractivity contribution < 1.29 is 31.0 Å². The molecular weight excluding hydrogens is 681 g/mol. The first kappa shape index (κ1) is 29.1. The normalized spacial score (nSPS) is 14.1. The standard InChI is InChI=1S/C38H15BF6N6O/c40-26-10-20-21(11-27(26)41)34-46-33(20)47-35-22-12-28(42)30(44)14-24(22)37-49-38-25-15-31(45)29(43)13-23(25)36(48-34)51(38)39(50(35)37)52-32-18-7-3-1-5-16(18)9-17-6-2-4-8-19(17)32/h1-15H. The number of hydrogen-bond acceptors (Lipinski definition) is 5. The van der Waals surface area contributed by atoms with Gasteiger partial charge in [-0.05, 0) is 53.2 Å². The lowest BCUT2D eigenvalue weighted by atomic mass is 9.96. The van der Waals surface area contributed by atoms with Crippen molar-refractivity contribution in [3.05, 3.63) is 148 Å². The molecule has 0 saturated carbocycles. The van der Waals surface area contributed by atoms with Gasteiger partial charge in [0.05, 0.1) is 0 Å². The maximum atomic E-state index is 15.1. The van der Waals surface area contributed by atoms with Crippen LogP contribution < -0.4 is 15.6 Å². The van der Waals surface area contributed by atoms with E-state index >= 15 is 17.6 Å². The molecule has 0 atom stereocenters. The second kappa shape index (κ2) is 9.97. The molecule has 3 aliphatic rings. The van der Waals surface area contributed by atoms with Crippen LogP contribution in [0.25, 0.3) is 43.1 Å². The topological polar surface area (TPSA) is 68.5 Å². The molecule has 2 aromatic heterocycles. The summed E-state index contributed by atoms with van der Waals surface area (Å²) in [6.45, 7) is 0. The van der Waals surface area contributed by atoms with Gasteiger partial charge in [-0.2, -0.15) is 0 Å². The lowest BCUT2D eigenvalue weighted by Crippen LogP contribution is -2.52. The predicted molar refractivity (Wildman–Crippen MR) is 183 cm³/mol. The van der Waals surface area contributed by atoms with Crippen molar-refractivity contribution in [2.24, 2.45) is 20.0 Å². The summed E-state index contributed by atoms with van der Waals surface area (Å²) in [5.41, 5.74) is 0.182. The van der Waals surface area contributed by atoms with E-state index in [1.54, 1.807) is 0 Å². The van der Waals surface area contributed by atoms with E-state index in [9.17, 15) is 8.78 Å². The number of aliphatic imine (C=N–C) groups is 2. The fourth-order valence-electron chi connectivity index (χ4n) is 7.46. The number of halogens is 6. The van der Waals surface area contributed by atoms with Gasteiger partial charge in [0.15, 0.2) is 46.6 Å². The first-order valence-electron chi connectivity index (χ1n) is 16.0. The SMILES string of the molecule is Fc1cc2c(cc1F)C1=Nc3c4cc(F)c(F)cc4c4n3B(Oc3c5ccccc5cc5ccccc35)n3c(c5cc(F)c(F)cc5c3=N4)=NC2=N1. The van der Waals surface area contributed by atoms with Gasteiger partial charge in [0.25, 0.3) is 0 Å². The molecule has 8 aromatic rings. The fourth-order valence-corrected chi connectivity index (χ4v) is 7.46. The van der Waals surface area contributed by atoms with E-state index in [1.165, 1.54) is 8.96 Å². The Hall–Kier alpha value is -6.70. The van der Waals surface area contributed by atoms with Crippen molar-refractivity contribution >= 4 is 73.6 Å². The zero-order valence-electron chi connectivity index (χ0n) is 26.1. The van der Waals surface area contributed by atoms with E-state index < -0.39 is 42.1 Å². The number of fused-ring (bicyclic) bond motifs is 12. The quantitative estimate of drug-likeness (QED) is 0.103. The van der Waals surface area contributed by atoms with E-state index in [0.29, 0.717) is 5.75 Å². The molecule has 4 bridgehead atoms. The Bertz CT molecular complexity index is 3150. The third-order valence-electron chi connectivity index (χ3n) is 9.77. The number of amidine groups is 2. The van der Waals surface area contributed by atoms with Crippen molar-refractivity contribution in [2.75, 3.05) is 0 Å². The minimum Gasteiger partial charge on any atom is -0.521 e. The maximum Gasteiger partial charge on any atom is 0.633 e. The minimum absolute atomic E-state index is 0.00788. The largest absolute Gasteiger partial charge is 0.633 e. The van der Waals surface area contributed by atoms with Crippen molar-refractivity contribution in [1.82, 2.24) is 8.96 Å². The van der Waals surface area contributed by atoms with Gasteiger partial charge in [-0.25, -0.2) is 46.3 Å². The fraction of sp³-hybridized carbons (Fsp3) is 0. The molecule has 7 nitrogen and oxygen atoms in total. The predicted octanol–water partition coefficient (Wildman–Crippen LogP) is 7.93. The van der Waals surface area contributed by atoms with Gasteiger partial charge in [-0.3, -0.25) is 8.96 Å². The summed E-state index contributed by atoms with van der Waals surface area (Å²) in [4.78, 5) is 18.9. The lowest BCUT2D eigenvalue weighted by molar-refractivity contribution is 0.508. The molecule has 0 N–H and O–H groups in total. The van der Waals surface area contributed by atoms with E-state index in [-0.39, 0.29) is 67.0 Å². The molecule has 14 heteroatoms.